The minimum Gasteiger partial charge on any atom is -0.379 e. The molecule has 4 nitrogen and oxygen atoms in total. The summed E-state index contributed by atoms with van der Waals surface area (Å²) in [6.07, 6.45) is 1.97. The zero-order valence-corrected chi connectivity index (χ0v) is 11.8. The van der Waals surface area contributed by atoms with Gasteiger partial charge < -0.3 is 19.9 Å². The van der Waals surface area contributed by atoms with Gasteiger partial charge in [0.05, 0.1) is 13.2 Å². The molecule has 0 radical (unpaired) electrons. The van der Waals surface area contributed by atoms with Crippen LogP contribution < -0.4 is 5.32 Å². The van der Waals surface area contributed by atoms with Gasteiger partial charge in [-0.15, -0.1) is 0 Å². The van der Waals surface area contributed by atoms with E-state index in [9.17, 15) is 0 Å². The van der Waals surface area contributed by atoms with Gasteiger partial charge in [-0.25, -0.2) is 0 Å². The van der Waals surface area contributed by atoms with Crippen LogP contribution in [0.1, 0.15) is 5.56 Å². The standard InChI is InChI=1S/C15H23N3O/c1-18(2)8-10-19-9-7-16-12-13-3-4-15-14(11-13)5-6-17-15/h3-6,11,16-17H,7-10,12H2,1-2H3. The van der Waals surface area contributed by atoms with Crippen molar-refractivity contribution in [3.63, 3.8) is 0 Å². The Morgan fingerprint density at radius 3 is 2.95 bits per heavy atom. The molecule has 0 aliphatic rings. The van der Waals surface area contributed by atoms with Gasteiger partial charge >= 0.3 is 0 Å². The molecule has 19 heavy (non-hydrogen) atoms. The van der Waals surface area contributed by atoms with E-state index in [-0.39, 0.29) is 0 Å². The van der Waals surface area contributed by atoms with Crippen LogP contribution in [0, 0.1) is 0 Å². The topological polar surface area (TPSA) is 40.3 Å². The fourth-order valence-corrected chi connectivity index (χ4v) is 1.94. The van der Waals surface area contributed by atoms with Crippen molar-refractivity contribution in [2.75, 3.05) is 40.4 Å². The molecule has 0 unspecified atom stereocenters. The Kier molecular flexibility index (Phi) is 5.39. The number of hydrogen-bond acceptors (Lipinski definition) is 3. The lowest BCUT2D eigenvalue weighted by Crippen LogP contribution is -2.23. The molecule has 1 heterocycles. The molecule has 0 atom stereocenters. The molecule has 0 bridgehead atoms. The fraction of sp³-hybridized carbons (Fsp3) is 0.467. The van der Waals surface area contributed by atoms with Crippen molar-refractivity contribution >= 4 is 10.9 Å². The summed E-state index contributed by atoms with van der Waals surface area (Å²) < 4.78 is 5.53. The Morgan fingerprint density at radius 2 is 2.11 bits per heavy atom. The van der Waals surface area contributed by atoms with Gasteiger partial charge in [0.1, 0.15) is 0 Å². The number of hydrogen-bond donors (Lipinski definition) is 2. The lowest BCUT2D eigenvalue weighted by Gasteiger charge is -2.10. The van der Waals surface area contributed by atoms with E-state index in [4.69, 9.17) is 4.74 Å². The molecule has 2 aromatic rings. The first kappa shape index (κ1) is 14.1. The van der Waals surface area contributed by atoms with Crippen LogP contribution in [0.5, 0.6) is 0 Å². The zero-order valence-electron chi connectivity index (χ0n) is 11.8. The highest BCUT2D eigenvalue weighted by Gasteiger charge is 1.97. The van der Waals surface area contributed by atoms with Gasteiger partial charge in [-0.1, -0.05) is 6.07 Å². The maximum absolute atomic E-state index is 5.53. The van der Waals surface area contributed by atoms with Crippen LogP contribution in [-0.2, 0) is 11.3 Å². The number of likely N-dealkylation sites (N-methyl/N-ethyl adjacent to an activating group) is 1. The van der Waals surface area contributed by atoms with Crippen LogP contribution in [0.2, 0.25) is 0 Å². The second-order valence-electron chi connectivity index (χ2n) is 4.99. The summed E-state index contributed by atoms with van der Waals surface area (Å²) in [7, 11) is 4.11. The Morgan fingerprint density at radius 1 is 1.21 bits per heavy atom. The predicted molar refractivity (Wildman–Crippen MR) is 79.4 cm³/mol. The van der Waals surface area contributed by atoms with E-state index < -0.39 is 0 Å². The smallest absolute Gasteiger partial charge is 0.0593 e. The van der Waals surface area contributed by atoms with Gasteiger partial charge in [0.15, 0.2) is 0 Å². The molecule has 4 heteroatoms. The Labute approximate surface area is 114 Å². The third-order valence-electron chi connectivity index (χ3n) is 3.05. The highest BCUT2D eigenvalue weighted by molar-refractivity contribution is 5.79. The molecule has 0 aliphatic carbocycles. The third-order valence-corrected chi connectivity index (χ3v) is 3.05. The van der Waals surface area contributed by atoms with Gasteiger partial charge in [-0.05, 0) is 43.2 Å². The molecule has 0 saturated carbocycles. The second-order valence-corrected chi connectivity index (χ2v) is 4.99. The maximum atomic E-state index is 5.53. The molecule has 0 amide bonds. The Hall–Kier alpha value is -1.36. The van der Waals surface area contributed by atoms with Crippen molar-refractivity contribution < 1.29 is 4.74 Å². The summed E-state index contributed by atoms with van der Waals surface area (Å²) in [6, 6.07) is 8.59. The number of benzene rings is 1. The summed E-state index contributed by atoms with van der Waals surface area (Å²) in [4.78, 5) is 5.33. The SMILES string of the molecule is CN(C)CCOCCNCc1ccc2[nH]ccc2c1. The summed E-state index contributed by atoms with van der Waals surface area (Å²) >= 11 is 0. The summed E-state index contributed by atoms with van der Waals surface area (Å²) in [5.41, 5.74) is 2.50. The molecule has 1 aromatic heterocycles. The number of nitrogens with one attached hydrogen (secondary N) is 2. The van der Waals surface area contributed by atoms with E-state index in [1.807, 2.05) is 6.20 Å². The molecule has 1 aromatic carbocycles. The van der Waals surface area contributed by atoms with E-state index in [0.29, 0.717) is 0 Å². The first-order valence-corrected chi connectivity index (χ1v) is 6.75. The molecule has 2 rings (SSSR count). The van der Waals surface area contributed by atoms with E-state index in [0.717, 1.165) is 32.8 Å². The van der Waals surface area contributed by atoms with Crippen LogP contribution in [0.15, 0.2) is 30.5 Å². The third kappa shape index (κ3) is 4.67. The summed E-state index contributed by atoms with van der Waals surface area (Å²) in [6.45, 7) is 4.31. The quantitative estimate of drug-likeness (QED) is 0.712. The van der Waals surface area contributed by atoms with Crippen LogP contribution in [-0.4, -0.2) is 50.3 Å². The minimum absolute atomic E-state index is 0.764. The average molecular weight is 261 g/mol. The molecular weight excluding hydrogens is 238 g/mol. The van der Waals surface area contributed by atoms with E-state index in [1.165, 1.54) is 16.5 Å². The van der Waals surface area contributed by atoms with Gasteiger partial charge in [-0.3, -0.25) is 0 Å². The normalized spacial score (nSPS) is 11.5. The number of rotatable bonds is 8. The molecule has 0 spiro atoms. The van der Waals surface area contributed by atoms with Gasteiger partial charge in [0, 0.05) is 31.3 Å². The van der Waals surface area contributed by atoms with Crippen LogP contribution >= 0.6 is 0 Å². The highest BCUT2D eigenvalue weighted by atomic mass is 16.5. The van der Waals surface area contributed by atoms with Crippen LogP contribution in [0.4, 0.5) is 0 Å². The first-order valence-electron chi connectivity index (χ1n) is 6.75. The van der Waals surface area contributed by atoms with Crippen molar-refractivity contribution in [3.05, 3.63) is 36.0 Å². The first-order chi connectivity index (χ1) is 9.25. The summed E-state index contributed by atoms with van der Waals surface area (Å²) in [5.74, 6) is 0. The highest BCUT2D eigenvalue weighted by Crippen LogP contribution is 2.13. The van der Waals surface area contributed by atoms with Crippen molar-refractivity contribution in [3.8, 4) is 0 Å². The molecular formula is C15H23N3O. The Balaban J connectivity index is 1.62. The zero-order chi connectivity index (χ0) is 13.5. The van der Waals surface area contributed by atoms with Gasteiger partial charge in [0.2, 0.25) is 0 Å². The van der Waals surface area contributed by atoms with E-state index in [1.54, 1.807) is 0 Å². The van der Waals surface area contributed by atoms with Crippen LogP contribution in [0.25, 0.3) is 10.9 Å². The number of fused-ring (bicyclic) bond motifs is 1. The lowest BCUT2D eigenvalue weighted by atomic mass is 10.1. The lowest BCUT2D eigenvalue weighted by molar-refractivity contribution is 0.119. The number of H-pyrrole nitrogens is 1. The number of nitrogens with zero attached hydrogens (tertiary/aromatic N) is 1. The second kappa shape index (κ2) is 7.28. The molecule has 104 valence electrons. The largest absolute Gasteiger partial charge is 0.379 e. The molecule has 0 saturated heterocycles. The Bertz CT molecular complexity index is 493. The maximum Gasteiger partial charge on any atom is 0.0593 e. The average Bonchev–Trinajstić information content (AvgIpc) is 2.84. The number of aromatic nitrogens is 1. The number of aromatic amines is 1. The van der Waals surface area contributed by atoms with Crippen molar-refractivity contribution in [2.24, 2.45) is 0 Å². The fourth-order valence-electron chi connectivity index (χ4n) is 1.94. The predicted octanol–water partition coefficient (Wildman–Crippen LogP) is 1.84. The van der Waals surface area contributed by atoms with Crippen molar-refractivity contribution in [1.82, 2.24) is 15.2 Å². The monoisotopic (exact) mass is 261 g/mol. The van der Waals surface area contributed by atoms with Crippen molar-refractivity contribution in [2.45, 2.75) is 6.54 Å². The molecule has 0 fully saturated rings. The van der Waals surface area contributed by atoms with Gasteiger partial charge in [-0.2, -0.15) is 0 Å². The van der Waals surface area contributed by atoms with Gasteiger partial charge in [0.25, 0.3) is 0 Å². The minimum atomic E-state index is 0.764. The molecule has 0 aliphatic heterocycles. The summed E-state index contributed by atoms with van der Waals surface area (Å²) in [5, 5.41) is 4.66. The molecule has 2 N–H and O–H groups in total. The van der Waals surface area contributed by atoms with Crippen molar-refractivity contribution in [1.29, 1.82) is 0 Å². The number of ether oxygens (including phenoxy) is 1. The van der Waals surface area contributed by atoms with E-state index >= 15 is 0 Å². The van der Waals surface area contributed by atoms with Crippen LogP contribution in [0.3, 0.4) is 0 Å². The van der Waals surface area contributed by atoms with E-state index in [2.05, 4.69) is 53.6 Å².